The molecule has 0 unspecified atom stereocenters. The summed E-state index contributed by atoms with van der Waals surface area (Å²) in [6.45, 7) is 0.228. The van der Waals surface area contributed by atoms with Crippen LogP contribution in [0.15, 0.2) is 52.7 Å². The van der Waals surface area contributed by atoms with Gasteiger partial charge in [0.2, 0.25) is 0 Å². The van der Waals surface area contributed by atoms with E-state index < -0.39 is 4.92 Å². The minimum Gasteiger partial charge on any atom is -0.395 e. The van der Waals surface area contributed by atoms with Crippen LogP contribution in [-0.2, 0) is 6.61 Å². The molecule has 0 heterocycles. The van der Waals surface area contributed by atoms with Gasteiger partial charge in [-0.15, -0.1) is 0 Å². The second-order valence-corrected chi connectivity index (χ2v) is 4.67. The van der Waals surface area contributed by atoms with Gasteiger partial charge < -0.3 is 15.5 Å². The number of anilines is 1. The lowest BCUT2D eigenvalue weighted by Crippen LogP contribution is -2.05. The molecule has 3 N–H and O–H groups in total. The average Bonchev–Trinajstić information content (AvgIpc) is 2.58. The summed E-state index contributed by atoms with van der Waals surface area (Å²) < 4.78 is 0. The minimum atomic E-state index is -0.481. The number of aliphatic hydroxyl groups is 2. The van der Waals surface area contributed by atoms with Crippen molar-refractivity contribution in [1.82, 2.24) is 0 Å². The van der Waals surface area contributed by atoms with Crippen LogP contribution in [0.1, 0.15) is 5.56 Å². The molecule has 0 atom stereocenters. The molecule has 0 radical (unpaired) electrons. The number of aliphatic hydroxyl groups excluding tert-OH is 2. The molecule has 0 amide bonds. The minimum absolute atomic E-state index is 0.0109. The lowest BCUT2D eigenvalue weighted by Gasteiger charge is -2.07. The van der Waals surface area contributed by atoms with Gasteiger partial charge >= 0.3 is 0 Å². The largest absolute Gasteiger partial charge is 0.395 e. The Hall–Kier alpha value is -2.84. The summed E-state index contributed by atoms with van der Waals surface area (Å²) in [5.41, 5.74) is 2.36. The first kappa shape index (κ1) is 16.5. The number of non-ortho nitro benzene ring substituents is 1. The van der Waals surface area contributed by atoms with Crippen LogP contribution in [0.5, 0.6) is 0 Å². The highest BCUT2D eigenvalue weighted by molar-refractivity contribution is 5.56. The number of azo groups is 1. The predicted molar refractivity (Wildman–Crippen MR) is 85.2 cm³/mol. The Kier molecular flexibility index (Phi) is 5.73. The van der Waals surface area contributed by atoms with E-state index in [1.807, 2.05) is 0 Å². The SMILES string of the molecule is O=[N+]([O-])c1ccc(N=Nc2cc(CO)cc(NCCO)c2)cc1. The molecular weight excluding hydrogens is 300 g/mol. The van der Waals surface area contributed by atoms with Gasteiger partial charge in [-0.2, -0.15) is 10.2 Å². The first-order valence-electron chi connectivity index (χ1n) is 6.88. The van der Waals surface area contributed by atoms with Crippen molar-refractivity contribution < 1.29 is 15.1 Å². The normalized spacial score (nSPS) is 10.9. The van der Waals surface area contributed by atoms with Crippen molar-refractivity contribution in [2.75, 3.05) is 18.5 Å². The van der Waals surface area contributed by atoms with Crippen molar-refractivity contribution in [2.24, 2.45) is 10.2 Å². The van der Waals surface area contributed by atoms with E-state index in [2.05, 4.69) is 15.5 Å². The highest BCUT2D eigenvalue weighted by Gasteiger charge is 2.04. The van der Waals surface area contributed by atoms with Gasteiger partial charge in [-0.3, -0.25) is 10.1 Å². The van der Waals surface area contributed by atoms with E-state index in [1.165, 1.54) is 24.3 Å². The number of nitro groups is 1. The molecule has 0 aliphatic carbocycles. The highest BCUT2D eigenvalue weighted by atomic mass is 16.6. The molecule has 2 rings (SSSR count). The third-order valence-corrected chi connectivity index (χ3v) is 2.94. The summed E-state index contributed by atoms with van der Waals surface area (Å²) in [5.74, 6) is 0. The van der Waals surface area contributed by atoms with E-state index >= 15 is 0 Å². The quantitative estimate of drug-likeness (QED) is 0.412. The molecular formula is C15H16N4O4. The Morgan fingerprint density at radius 3 is 2.35 bits per heavy atom. The Bertz CT molecular complexity index is 701. The van der Waals surface area contributed by atoms with Crippen molar-refractivity contribution in [3.8, 4) is 0 Å². The van der Waals surface area contributed by atoms with Crippen LogP contribution in [0, 0.1) is 10.1 Å². The maximum absolute atomic E-state index is 10.6. The third-order valence-electron chi connectivity index (χ3n) is 2.94. The van der Waals surface area contributed by atoms with E-state index in [9.17, 15) is 15.2 Å². The summed E-state index contributed by atoms with van der Waals surface area (Å²) in [6.07, 6.45) is 0. The number of rotatable bonds is 7. The molecule has 8 nitrogen and oxygen atoms in total. The van der Waals surface area contributed by atoms with Crippen LogP contribution >= 0.6 is 0 Å². The van der Waals surface area contributed by atoms with Gasteiger partial charge in [0.25, 0.3) is 5.69 Å². The number of benzene rings is 2. The summed E-state index contributed by atoms with van der Waals surface area (Å²) in [4.78, 5) is 10.1. The van der Waals surface area contributed by atoms with E-state index in [0.29, 0.717) is 29.2 Å². The molecule has 2 aromatic rings. The van der Waals surface area contributed by atoms with Crippen LogP contribution < -0.4 is 5.32 Å². The predicted octanol–water partition coefficient (Wildman–Crippen LogP) is 2.91. The molecule has 0 aliphatic heterocycles. The van der Waals surface area contributed by atoms with Gasteiger partial charge in [0.15, 0.2) is 0 Å². The fourth-order valence-electron chi connectivity index (χ4n) is 1.88. The smallest absolute Gasteiger partial charge is 0.269 e. The van der Waals surface area contributed by atoms with Crippen LogP contribution in [-0.4, -0.2) is 28.3 Å². The van der Waals surface area contributed by atoms with Crippen molar-refractivity contribution in [1.29, 1.82) is 0 Å². The molecule has 8 heteroatoms. The van der Waals surface area contributed by atoms with Gasteiger partial charge in [0, 0.05) is 24.4 Å². The van der Waals surface area contributed by atoms with Crippen LogP contribution in [0.4, 0.5) is 22.7 Å². The lowest BCUT2D eigenvalue weighted by atomic mass is 10.2. The standard InChI is InChI=1S/C15H16N4O4/c20-6-5-16-13-7-11(10-21)8-14(9-13)18-17-12-1-3-15(4-2-12)19(22)23/h1-4,7-9,16,20-21H,5-6,10H2. The van der Waals surface area contributed by atoms with Crippen LogP contribution in [0.2, 0.25) is 0 Å². The Labute approximate surface area is 132 Å². The zero-order chi connectivity index (χ0) is 16.7. The van der Waals surface area contributed by atoms with Gasteiger partial charge in [0.1, 0.15) is 0 Å². The van der Waals surface area contributed by atoms with Gasteiger partial charge in [-0.05, 0) is 35.9 Å². The molecule has 0 aliphatic rings. The van der Waals surface area contributed by atoms with Crippen molar-refractivity contribution in [3.63, 3.8) is 0 Å². The molecule has 0 fully saturated rings. The fourth-order valence-corrected chi connectivity index (χ4v) is 1.88. The maximum Gasteiger partial charge on any atom is 0.269 e. The summed E-state index contributed by atoms with van der Waals surface area (Å²) in [5, 5.41) is 39.8. The van der Waals surface area contributed by atoms with Gasteiger partial charge in [0.05, 0.1) is 29.5 Å². The fraction of sp³-hybridized carbons (Fsp3) is 0.200. The van der Waals surface area contributed by atoms with Crippen molar-refractivity contribution in [3.05, 3.63) is 58.1 Å². The first-order valence-corrected chi connectivity index (χ1v) is 6.88. The van der Waals surface area contributed by atoms with Crippen LogP contribution in [0.25, 0.3) is 0 Å². The monoisotopic (exact) mass is 316 g/mol. The van der Waals surface area contributed by atoms with E-state index in [1.54, 1.807) is 18.2 Å². The van der Waals surface area contributed by atoms with Crippen molar-refractivity contribution in [2.45, 2.75) is 6.61 Å². The second kappa shape index (κ2) is 7.97. The molecule has 120 valence electrons. The highest BCUT2D eigenvalue weighted by Crippen LogP contribution is 2.25. The maximum atomic E-state index is 10.6. The lowest BCUT2D eigenvalue weighted by molar-refractivity contribution is -0.384. The van der Waals surface area contributed by atoms with E-state index in [-0.39, 0.29) is 18.9 Å². The van der Waals surface area contributed by atoms with E-state index in [4.69, 9.17) is 5.11 Å². The van der Waals surface area contributed by atoms with Gasteiger partial charge in [-0.1, -0.05) is 0 Å². The summed E-state index contributed by atoms with van der Waals surface area (Å²) in [6, 6.07) is 10.9. The Morgan fingerprint density at radius 1 is 1.04 bits per heavy atom. The number of nitrogens with one attached hydrogen (secondary N) is 1. The molecule has 0 saturated heterocycles. The zero-order valence-corrected chi connectivity index (χ0v) is 12.2. The van der Waals surface area contributed by atoms with Crippen LogP contribution in [0.3, 0.4) is 0 Å². The Morgan fingerprint density at radius 2 is 1.74 bits per heavy atom. The molecule has 0 aromatic heterocycles. The zero-order valence-electron chi connectivity index (χ0n) is 12.2. The third kappa shape index (κ3) is 4.83. The van der Waals surface area contributed by atoms with Crippen molar-refractivity contribution >= 4 is 22.7 Å². The van der Waals surface area contributed by atoms with E-state index in [0.717, 1.165) is 0 Å². The first-order chi connectivity index (χ1) is 11.1. The number of hydrogen-bond donors (Lipinski definition) is 3. The topological polar surface area (TPSA) is 120 Å². The number of nitrogens with zero attached hydrogens (tertiary/aromatic N) is 3. The molecule has 23 heavy (non-hydrogen) atoms. The molecule has 0 spiro atoms. The number of hydrogen-bond acceptors (Lipinski definition) is 7. The van der Waals surface area contributed by atoms with Gasteiger partial charge in [-0.25, -0.2) is 0 Å². The molecule has 2 aromatic carbocycles. The average molecular weight is 316 g/mol. The summed E-state index contributed by atoms with van der Waals surface area (Å²) >= 11 is 0. The Balaban J connectivity index is 2.18. The number of nitro benzene ring substituents is 1. The summed E-state index contributed by atoms with van der Waals surface area (Å²) in [7, 11) is 0. The molecule has 0 bridgehead atoms. The second-order valence-electron chi connectivity index (χ2n) is 4.67. The molecule has 0 saturated carbocycles.